The predicted octanol–water partition coefficient (Wildman–Crippen LogP) is 3.89. The number of nitro benzene ring substituents is 1. The summed E-state index contributed by atoms with van der Waals surface area (Å²) in [6.07, 6.45) is 3.26. The summed E-state index contributed by atoms with van der Waals surface area (Å²) in [5, 5.41) is 13.6. The molecule has 2 heterocycles. The number of carbonyl (C=O) groups is 1. The second-order valence-electron chi connectivity index (χ2n) is 6.22. The molecule has 0 aliphatic heterocycles. The first-order valence-corrected chi connectivity index (χ1v) is 8.48. The van der Waals surface area contributed by atoms with E-state index < -0.39 is 4.92 Å². The van der Waals surface area contributed by atoms with Crippen LogP contribution in [0.3, 0.4) is 0 Å². The Morgan fingerprint density at radius 2 is 1.93 bits per heavy atom. The van der Waals surface area contributed by atoms with Crippen molar-refractivity contribution in [2.75, 3.05) is 5.32 Å². The molecule has 4 aromatic rings. The van der Waals surface area contributed by atoms with Crippen LogP contribution in [0.15, 0.2) is 67.1 Å². The van der Waals surface area contributed by atoms with E-state index in [2.05, 4.69) is 15.3 Å². The minimum atomic E-state index is -0.473. The molecule has 0 aliphatic carbocycles. The van der Waals surface area contributed by atoms with Gasteiger partial charge in [-0.15, -0.1) is 0 Å². The smallest absolute Gasteiger partial charge is 0.272 e. The Morgan fingerprint density at radius 1 is 1.11 bits per heavy atom. The van der Waals surface area contributed by atoms with E-state index in [0.29, 0.717) is 22.6 Å². The molecule has 138 valence electrons. The highest BCUT2D eigenvalue weighted by molar-refractivity contribution is 6.04. The van der Waals surface area contributed by atoms with Crippen molar-refractivity contribution in [3.63, 3.8) is 0 Å². The minimum absolute atomic E-state index is 0.0184. The van der Waals surface area contributed by atoms with Gasteiger partial charge in [0.05, 0.1) is 27.8 Å². The number of anilines is 1. The van der Waals surface area contributed by atoms with Crippen LogP contribution in [0.1, 0.15) is 15.9 Å². The van der Waals surface area contributed by atoms with Gasteiger partial charge in [0.1, 0.15) is 12.1 Å². The summed E-state index contributed by atoms with van der Waals surface area (Å²) in [6.45, 7) is 1.60. The molecule has 28 heavy (non-hydrogen) atoms. The lowest BCUT2D eigenvalue weighted by atomic mass is 10.1. The zero-order chi connectivity index (χ0) is 19.7. The van der Waals surface area contributed by atoms with Crippen LogP contribution in [0.25, 0.3) is 16.9 Å². The monoisotopic (exact) mass is 373 g/mol. The number of hydrogen-bond donors (Lipinski definition) is 1. The zero-order valence-corrected chi connectivity index (χ0v) is 14.9. The maximum absolute atomic E-state index is 12.4. The number of imidazole rings is 1. The molecule has 0 fully saturated rings. The first-order chi connectivity index (χ1) is 13.5. The Balaban J connectivity index is 1.54. The van der Waals surface area contributed by atoms with Crippen molar-refractivity contribution in [3.05, 3.63) is 88.4 Å². The molecule has 8 nitrogen and oxygen atoms in total. The van der Waals surface area contributed by atoms with Crippen LogP contribution in [0, 0.1) is 17.0 Å². The molecule has 1 amide bonds. The minimum Gasteiger partial charge on any atom is -0.321 e. The van der Waals surface area contributed by atoms with Gasteiger partial charge >= 0.3 is 0 Å². The highest BCUT2D eigenvalue weighted by Gasteiger charge is 2.14. The van der Waals surface area contributed by atoms with E-state index in [-0.39, 0.29) is 11.6 Å². The molecule has 8 heteroatoms. The quantitative estimate of drug-likeness (QED) is 0.432. The number of hydrogen-bond acceptors (Lipinski definition) is 5. The number of nitro groups is 1. The normalized spacial score (nSPS) is 10.8. The molecule has 0 aliphatic rings. The molecule has 0 radical (unpaired) electrons. The van der Waals surface area contributed by atoms with Gasteiger partial charge in [-0.2, -0.15) is 0 Å². The molecule has 0 unspecified atom stereocenters. The van der Waals surface area contributed by atoms with E-state index in [0.717, 1.165) is 11.0 Å². The molecule has 0 bridgehead atoms. The third-order valence-electron chi connectivity index (χ3n) is 4.36. The Labute approximate surface area is 159 Å². The second-order valence-corrected chi connectivity index (χ2v) is 6.22. The number of aryl methyl sites for hydroxylation is 1. The second kappa shape index (κ2) is 6.92. The van der Waals surface area contributed by atoms with Crippen molar-refractivity contribution in [1.82, 2.24) is 14.5 Å². The van der Waals surface area contributed by atoms with Crippen molar-refractivity contribution in [3.8, 4) is 5.82 Å². The van der Waals surface area contributed by atoms with Crippen molar-refractivity contribution in [1.29, 1.82) is 0 Å². The summed E-state index contributed by atoms with van der Waals surface area (Å²) in [7, 11) is 0. The average molecular weight is 373 g/mol. The third-order valence-corrected chi connectivity index (χ3v) is 4.36. The van der Waals surface area contributed by atoms with E-state index in [1.807, 2.05) is 28.8 Å². The predicted molar refractivity (Wildman–Crippen MR) is 105 cm³/mol. The van der Waals surface area contributed by atoms with Gasteiger partial charge < -0.3 is 5.32 Å². The molecule has 1 N–H and O–H groups in total. The van der Waals surface area contributed by atoms with Gasteiger partial charge in [-0.1, -0.05) is 12.1 Å². The van der Waals surface area contributed by atoms with E-state index in [1.54, 1.807) is 31.6 Å². The summed E-state index contributed by atoms with van der Waals surface area (Å²) in [5.41, 5.74) is 3.08. The molecule has 0 saturated carbocycles. The first kappa shape index (κ1) is 17.3. The van der Waals surface area contributed by atoms with Gasteiger partial charge in [0.15, 0.2) is 0 Å². The molecule has 2 aromatic carbocycles. The molecule has 0 atom stereocenters. The average Bonchev–Trinajstić information content (AvgIpc) is 3.12. The molecular weight excluding hydrogens is 358 g/mol. The van der Waals surface area contributed by atoms with Crippen molar-refractivity contribution < 1.29 is 9.72 Å². The summed E-state index contributed by atoms with van der Waals surface area (Å²) < 4.78 is 1.86. The van der Waals surface area contributed by atoms with E-state index in [4.69, 9.17) is 0 Å². The Hall–Kier alpha value is -4.07. The van der Waals surface area contributed by atoms with Gasteiger partial charge in [0, 0.05) is 17.2 Å². The van der Waals surface area contributed by atoms with E-state index in [1.165, 1.54) is 18.2 Å². The highest BCUT2D eigenvalue weighted by Crippen LogP contribution is 2.20. The first-order valence-electron chi connectivity index (χ1n) is 8.48. The number of carbonyl (C=O) groups excluding carboxylic acids is 1. The number of aromatic nitrogens is 3. The van der Waals surface area contributed by atoms with Crippen LogP contribution in [0.2, 0.25) is 0 Å². The summed E-state index contributed by atoms with van der Waals surface area (Å²) in [4.78, 5) is 31.6. The molecule has 0 spiro atoms. The van der Waals surface area contributed by atoms with Crippen LogP contribution in [0.5, 0.6) is 0 Å². The van der Waals surface area contributed by atoms with Gasteiger partial charge in [0.2, 0.25) is 0 Å². The fourth-order valence-corrected chi connectivity index (χ4v) is 2.95. The molecule has 2 aromatic heterocycles. The standard InChI is InChI=1S/C20H15N5O3/c1-13-10-14(6-8-17(13)25(27)28)20(26)23-15-7-9-19(21-11-15)24-12-22-16-4-2-3-5-18(16)24/h2-12H,1H3,(H,23,26). The lowest BCUT2D eigenvalue weighted by Gasteiger charge is -2.08. The lowest BCUT2D eigenvalue weighted by molar-refractivity contribution is -0.385. The van der Waals surface area contributed by atoms with Crippen molar-refractivity contribution in [2.24, 2.45) is 0 Å². The topological polar surface area (TPSA) is 103 Å². The van der Waals surface area contributed by atoms with Crippen LogP contribution >= 0.6 is 0 Å². The zero-order valence-electron chi connectivity index (χ0n) is 14.9. The maximum atomic E-state index is 12.4. The van der Waals surface area contributed by atoms with Gasteiger partial charge in [0.25, 0.3) is 11.6 Å². The van der Waals surface area contributed by atoms with E-state index in [9.17, 15) is 14.9 Å². The third kappa shape index (κ3) is 3.18. The number of amides is 1. The Bertz CT molecular complexity index is 1200. The number of fused-ring (bicyclic) bond motifs is 1. The Kier molecular flexibility index (Phi) is 4.29. The largest absolute Gasteiger partial charge is 0.321 e. The number of para-hydroxylation sites is 2. The van der Waals surface area contributed by atoms with Crippen LogP contribution in [0.4, 0.5) is 11.4 Å². The number of rotatable bonds is 4. The summed E-state index contributed by atoms with van der Waals surface area (Å²) >= 11 is 0. The number of benzene rings is 2. The molecule has 0 saturated heterocycles. The lowest BCUT2D eigenvalue weighted by Crippen LogP contribution is -2.12. The molecule has 4 rings (SSSR count). The van der Waals surface area contributed by atoms with E-state index >= 15 is 0 Å². The van der Waals surface area contributed by atoms with Crippen molar-refractivity contribution >= 4 is 28.3 Å². The fourth-order valence-electron chi connectivity index (χ4n) is 2.95. The van der Waals surface area contributed by atoms with Crippen molar-refractivity contribution in [2.45, 2.75) is 6.92 Å². The van der Waals surface area contributed by atoms with Crippen LogP contribution < -0.4 is 5.32 Å². The number of pyridine rings is 1. The van der Waals surface area contributed by atoms with Gasteiger partial charge in [-0.3, -0.25) is 19.5 Å². The Morgan fingerprint density at radius 3 is 2.64 bits per heavy atom. The van der Waals surface area contributed by atoms with Gasteiger partial charge in [-0.05, 0) is 43.3 Å². The fraction of sp³-hybridized carbons (Fsp3) is 0.0500. The number of nitrogens with one attached hydrogen (secondary N) is 1. The summed E-state index contributed by atoms with van der Waals surface area (Å²) in [6, 6.07) is 15.5. The van der Waals surface area contributed by atoms with Crippen LogP contribution in [-0.4, -0.2) is 25.4 Å². The van der Waals surface area contributed by atoms with Gasteiger partial charge in [-0.25, -0.2) is 9.97 Å². The SMILES string of the molecule is Cc1cc(C(=O)Nc2ccc(-n3cnc4ccccc43)nc2)ccc1[N+](=O)[O-]. The number of nitrogens with zero attached hydrogens (tertiary/aromatic N) is 4. The highest BCUT2D eigenvalue weighted by atomic mass is 16.6. The maximum Gasteiger partial charge on any atom is 0.272 e. The molecular formula is C20H15N5O3. The summed E-state index contributed by atoms with van der Waals surface area (Å²) in [5.74, 6) is 0.318. The van der Waals surface area contributed by atoms with Crippen LogP contribution in [-0.2, 0) is 0 Å².